The second kappa shape index (κ2) is 24.6. The molecule has 0 atom stereocenters. The van der Waals surface area contributed by atoms with Gasteiger partial charge in [-0.1, -0.05) is 158 Å². The molecule has 8 aromatic rings. The molecular weight excluding hydrogens is 1060 g/mol. The van der Waals surface area contributed by atoms with Gasteiger partial charge < -0.3 is 5.11 Å². The Hall–Kier alpha value is -6.09. The van der Waals surface area contributed by atoms with Gasteiger partial charge in [0, 0.05) is 0 Å². The van der Waals surface area contributed by atoms with Gasteiger partial charge in [-0.05, 0) is 78.0 Å². The van der Waals surface area contributed by atoms with E-state index in [1.807, 2.05) is 30.3 Å². The minimum atomic E-state index is -5.04. The van der Waals surface area contributed by atoms with Crippen molar-refractivity contribution in [3.63, 3.8) is 0 Å². The third-order valence-corrected chi connectivity index (χ3v) is 15.0. The van der Waals surface area contributed by atoms with Crippen LogP contribution in [0.1, 0.15) is 32.6 Å². The maximum atomic E-state index is 13.7. The molecule has 365 valence electrons. The summed E-state index contributed by atoms with van der Waals surface area (Å²) in [6.07, 6.45) is -19.8. The van der Waals surface area contributed by atoms with Gasteiger partial charge >= 0.3 is 84.2 Å². The number of carboxylic acid groups (broad SMARTS) is 1. The van der Waals surface area contributed by atoms with Crippen LogP contribution in [0.4, 0.5) is 52.7 Å². The standard InChI is InChI=1S/C20H13F6P.C18H15P.C9H4F6O2.C6H5.Pd/c21-19(22,23)14-11-12-18(17(13-14)20(24,25)26)27(15-7-3-1-4-8-15)16-9-5-2-6-10-16;1-4-10-16(11-5-1)19(17-12-6-2-7-13-17)18-14-8-3-9-15-18;10-8(11,12)5-1-4(7(16)17)2-6(3-5)9(13,14)15;1-2-4-6-5-3-1;/h1-13H;1-15H;1-3H,(H,16,17);1-5H;. The number of hydrogen-bond acceptors (Lipinski definition) is 1. The van der Waals surface area contributed by atoms with E-state index in [2.05, 4.69) is 110 Å². The second-order valence-corrected chi connectivity index (χ2v) is 19.7. The summed E-state index contributed by atoms with van der Waals surface area (Å²) in [7, 11) is -2.11. The molecule has 0 spiro atoms. The minimum absolute atomic E-state index is 0.133. The number of halogens is 12. The predicted octanol–water partition coefficient (Wildman–Crippen LogP) is 13.2. The molecule has 0 aliphatic carbocycles. The fourth-order valence-corrected chi connectivity index (χ4v) is 11.4. The van der Waals surface area contributed by atoms with Crippen molar-refractivity contribution >= 4 is 57.7 Å². The molecule has 17 heteroatoms. The van der Waals surface area contributed by atoms with Crippen molar-refractivity contribution in [1.29, 1.82) is 0 Å². The van der Waals surface area contributed by atoms with Crippen LogP contribution in [0.3, 0.4) is 0 Å². The van der Waals surface area contributed by atoms with Crippen LogP contribution in [0.25, 0.3) is 0 Å². The zero-order chi connectivity index (χ0) is 51.1. The van der Waals surface area contributed by atoms with Crippen LogP contribution in [0.2, 0.25) is 0 Å². The summed E-state index contributed by atoms with van der Waals surface area (Å²) in [6.45, 7) is 0. The summed E-state index contributed by atoms with van der Waals surface area (Å²) < 4.78 is 154. The summed E-state index contributed by atoms with van der Waals surface area (Å²) in [6, 6.07) is 61.4. The summed E-state index contributed by atoms with van der Waals surface area (Å²) in [5, 5.41) is 13.7. The average molecular weight is 1100 g/mol. The molecule has 0 heterocycles. The van der Waals surface area contributed by atoms with Gasteiger partial charge in [0.2, 0.25) is 0 Å². The first kappa shape index (κ1) is 54.8. The van der Waals surface area contributed by atoms with Gasteiger partial charge in [0.1, 0.15) is 0 Å². The molecule has 0 aliphatic rings. The van der Waals surface area contributed by atoms with Crippen molar-refractivity contribution in [3.05, 3.63) is 246 Å². The number of alkyl halides is 12. The van der Waals surface area contributed by atoms with Crippen molar-refractivity contribution < 1.29 is 81.8 Å². The largest absolute Gasteiger partial charge is 0.0622 e. The Morgan fingerprint density at radius 1 is 0.357 bits per heavy atom. The van der Waals surface area contributed by atoms with Crippen LogP contribution in [-0.4, -0.2) is 11.1 Å². The van der Waals surface area contributed by atoms with Crippen molar-refractivity contribution in [2.75, 3.05) is 0 Å². The van der Waals surface area contributed by atoms with Gasteiger partial charge in [-0.2, -0.15) is 52.7 Å². The van der Waals surface area contributed by atoms with Crippen LogP contribution in [0.15, 0.2) is 218 Å². The Kier molecular flexibility index (Phi) is 19.3. The molecule has 8 aromatic carbocycles. The molecule has 0 radical (unpaired) electrons. The van der Waals surface area contributed by atoms with Gasteiger partial charge in [-0.3, -0.25) is 0 Å². The Balaban J connectivity index is 0.000000187. The zero-order valence-corrected chi connectivity index (χ0v) is 39.2. The Morgan fingerprint density at radius 2 is 0.657 bits per heavy atom. The van der Waals surface area contributed by atoms with Crippen LogP contribution < -0.4 is 35.9 Å². The van der Waals surface area contributed by atoms with E-state index in [0.717, 1.165) is 6.07 Å². The van der Waals surface area contributed by atoms with Crippen molar-refractivity contribution in [2.24, 2.45) is 0 Å². The summed E-state index contributed by atoms with van der Waals surface area (Å²) in [5.74, 6) is -1.86. The van der Waals surface area contributed by atoms with E-state index < -0.39 is 74.3 Å². The normalized spacial score (nSPS) is 11.6. The van der Waals surface area contributed by atoms with Gasteiger partial charge in [-0.15, -0.1) is 0 Å². The smallest absolute Gasteiger partial charge is 0.0134 e. The van der Waals surface area contributed by atoms with E-state index in [1.165, 1.54) is 19.9 Å². The molecule has 2 nitrogen and oxygen atoms in total. The van der Waals surface area contributed by atoms with E-state index in [4.69, 9.17) is 5.11 Å². The van der Waals surface area contributed by atoms with E-state index in [-0.39, 0.29) is 29.6 Å². The average Bonchev–Trinajstić information content (AvgIpc) is 3.33. The fraction of sp³-hybridized carbons (Fsp3) is 0.0755. The molecular formula is C53H37F12O2P2Pd. The quantitative estimate of drug-likeness (QED) is 0.0981. The third-order valence-electron chi connectivity index (χ3n) is 9.49. The number of benzene rings is 8. The van der Waals surface area contributed by atoms with Gasteiger partial charge in [0.05, 0.1) is 27.8 Å². The maximum Gasteiger partial charge on any atom is -0.0134 e. The molecule has 0 aromatic heterocycles. The van der Waals surface area contributed by atoms with E-state index >= 15 is 0 Å². The topological polar surface area (TPSA) is 37.3 Å². The van der Waals surface area contributed by atoms with Gasteiger partial charge in [0.25, 0.3) is 0 Å². The second-order valence-electron chi connectivity index (χ2n) is 14.4. The zero-order valence-electron chi connectivity index (χ0n) is 35.9. The number of aromatic carboxylic acids is 1. The fourth-order valence-electron chi connectivity index (χ4n) is 6.38. The third kappa shape index (κ3) is 16.2. The first-order chi connectivity index (χ1) is 33.0. The van der Waals surface area contributed by atoms with Crippen molar-refractivity contribution in [1.82, 2.24) is 0 Å². The molecule has 1 N–H and O–H groups in total. The number of rotatable bonds is 7. The first-order valence-electron chi connectivity index (χ1n) is 20.4. The molecule has 0 amide bonds. The molecule has 0 unspecified atom stereocenters. The van der Waals surface area contributed by atoms with Gasteiger partial charge in [0.15, 0.2) is 0 Å². The maximum absolute atomic E-state index is 13.7. The first-order valence-corrected chi connectivity index (χ1v) is 23.8. The van der Waals surface area contributed by atoms with Crippen LogP contribution in [0, 0.1) is 0 Å². The SMILES string of the molecule is FC(F)(F)c1ccc(P(c2ccccc2)c2ccccc2)c(C(F)(F)F)c1.O=C(O)c1cc(C(F)(F)F)cc(C(F)(F)F)c1.[Pd][c]1ccccc1.c1ccc(P(c2ccccc2)c2ccccc2)cc1. The summed E-state index contributed by atoms with van der Waals surface area (Å²) in [5.41, 5.74) is -6.92. The minimum Gasteiger partial charge on any atom is -0.0622 e. The molecule has 0 aliphatic heterocycles. The molecule has 0 bridgehead atoms. The molecule has 8 rings (SSSR count). The molecule has 0 fully saturated rings. The van der Waals surface area contributed by atoms with E-state index in [0.29, 0.717) is 16.7 Å². The summed E-state index contributed by atoms with van der Waals surface area (Å²) in [4.78, 5) is 10.4. The molecule has 0 saturated heterocycles. The molecule has 0 saturated carbocycles. The monoisotopic (exact) mass is 1100 g/mol. The molecule has 70 heavy (non-hydrogen) atoms. The van der Waals surface area contributed by atoms with Crippen LogP contribution in [-0.2, 0) is 43.9 Å². The van der Waals surface area contributed by atoms with Crippen molar-refractivity contribution in [2.45, 2.75) is 24.7 Å². The number of carboxylic acids is 1. The van der Waals surface area contributed by atoms with Gasteiger partial charge in [-0.25, -0.2) is 4.79 Å². The number of hydrogen-bond donors (Lipinski definition) is 1. The Morgan fingerprint density at radius 3 is 0.914 bits per heavy atom. The summed E-state index contributed by atoms with van der Waals surface area (Å²) >= 11 is 3.07. The Bertz CT molecular complexity index is 2680. The van der Waals surface area contributed by atoms with E-state index in [9.17, 15) is 57.5 Å². The van der Waals surface area contributed by atoms with Crippen molar-refractivity contribution in [3.8, 4) is 0 Å². The Labute approximate surface area is 408 Å². The predicted molar refractivity (Wildman–Crippen MR) is 250 cm³/mol. The van der Waals surface area contributed by atoms with Crippen LogP contribution in [0.5, 0.6) is 0 Å². The van der Waals surface area contributed by atoms with E-state index in [1.54, 1.807) is 60.7 Å². The number of carbonyl (C=O) groups is 1. The van der Waals surface area contributed by atoms with Crippen LogP contribution >= 0.6 is 15.8 Å².